The Balaban J connectivity index is 1.39. The number of carbonyl (C=O) groups excluding carboxylic acids is 3. The average molecular weight is 554 g/mol. The van der Waals surface area contributed by atoms with Crippen molar-refractivity contribution in [2.24, 2.45) is 0 Å². The van der Waals surface area contributed by atoms with E-state index >= 15 is 0 Å². The van der Waals surface area contributed by atoms with Crippen molar-refractivity contribution in [2.75, 3.05) is 10.6 Å². The fourth-order valence-corrected chi connectivity index (χ4v) is 5.64. The van der Waals surface area contributed by atoms with Crippen LogP contribution in [-0.2, 0) is 0 Å². The molecule has 0 aliphatic heterocycles. The van der Waals surface area contributed by atoms with Gasteiger partial charge in [0.1, 0.15) is 5.92 Å². The Morgan fingerprint density at radius 3 is 2.05 bits per heavy atom. The van der Waals surface area contributed by atoms with Crippen LogP contribution in [0.2, 0.25) is 0 Å². The van der Waals surface area contributed by atoms with Crippen LogP contribution in [0.15, 0.2) is 91.0 Å². The maximum atomic E-state index is 14.1. The van der Waals surface area contributed by atoms with E-state index in [4.69, 9.17) is 5.73 Å². The van der Waals surface area contributed by atoms with Crippen molar-refractivity contribution in [3.8, 4) is 0 Å². The Kier molecular flexibility index (Phi) is 6.70. The molecule has 1 heterocycles. The standard InChI is InChI=1S/C36H31N3O3/c1-20(2)23-12-14-31-25(17-23)19-30(37)33(38-31)32-34(40)28-13-11-24(18-29(28)35(32)41)36(42)39(26-9-5-7-21(3)15-26)27-10-6-8-22(4)16-27/h5-20,32H,37H2,1-4H3. The molecule has 6 nitrogen and oxygen atoms in total. The number of nitrogen functional groups attached to an aromatic ring is 1. The first-order valence-electron chi connectivity index (χ1n) is 14.0. The van der Waals surface area contributed by atoms with E-state index in [2.05, 4.69) is 18.8 Å². The van der Waals surface area contributed by atoms with Crippen molar-refractivity contribution in [3.05, 3.63) is 130 Å². The molecule has 1 aliphatic carbocycles. The first kappa shape index (κ1) is 27.1. The predicted molar refractivity (Wildman–Crippen MR) is 167 cm³/mol. The van der Waals surface area contributed by atoms with E-state index in [9.17, 15) is 14.4 Å². The average Bonchev–Trinajstić information content (AvgIpc) is 3.21. The van der Waals surface area contributed by atoms with E-state index in [-0.39, 0.29) is 28.5 Å². The number of pyridine rings is 1. The SMILES string of the molecule is Cc1cccc(N(C(=O)c2ccc3c(c2)C(=O)C(c2nc4ccc(C(C)C)cc4cc2N)C3=O)c2cccc(C)c2)c1. The second-order valence-electron chi connectivity index (χ2n) is 11.3. The van der Waals surface area contributed by atoms with Crippen LogP contribution < -0.4 is 10.6 Å². The molecule has 1 aromatic heterocycles. The molecule has 0 spiro atoms. The molecular weight excluding hydrogens is 522 g/mol. The Morgan fingerprint density at radius 2 is 1.43 bits per heavy atom. The molecule has 5 aromatic rings. The lowest BCUT2D eigenvalue weighted by Crippen LogP contribution is -2.26. The van der Waals surface area contributed by atoms with Gasteiger partial charge in [-0.25, -0.2) is 4.98 Å². The molecule has 1 atom stereocenters. The molecule has 1 unspecified atom stereocenters. The number of fused-ring (bicyclic) bond motifs is 2. The van der Waals surface area contributed by atoms with Crippen molar-refractivity contribution < 1.29 is 14.4 Å². The number of ketones is 2. The van der Waals surface area contributed by atoms with E-state index in [0.29, 0.717) is 34.1 Å². The fraction of sp³-hybridized carbons (Fsp3) is 0.167. The number of anilines is 3. The van der Waals surface area contributed by atoms with Gasteiger partial charge < -0.3 is 5.73 Å². The largest absolute Gasteiger partial charge is 0.397 e. The van der Waals surface area contributed by atoms with Gasteiger partial charge in [-0.3, -0.25) is 19.3 Å². The third-order valence-electron chi connectivity index (χ3n) is 7.88. The number of hydrogen-bond donors (Lipinski definition) is 1. The molecule has 4 aromatic carbocycles. The van der Waals surface area contributed by atoms with Crippen molar-refractivity contribution in [1.82, 2.24) is 4.98 Å². The zero-order valence-electron chi connectivity index (χ0n) is 24.0. The molecule has 0 saturated carbocycles. The highest BCUT2D eigenvalue weighted by molar-refractivity contribution is 6.30. The van der Waals surface area contributed by atoms with Crippen LogP contribution in [0.25, 0.3) is 10.9 Å². The molecule has 2 N–H and O–H groups in total. The Hall–Kier alpha value is -5.10. The van der Waals surface area contributed by atoms with E-state index in [1.54, 1.807) is 23.1 Å². The monoisotopic (exact) mass is 553 g/mol. The van der Waals surface area contributed by atoms with Gasteiger partial charge in [0.15, 0.2) is 11.6 Å². The van der Waals surface area contributed by atoms with E-state index in [1.165, 1.54) is 6.07 Å². The number of hydrogen-bond acceptors (Lipinski definition) is 5. The molecule has 0 radical (unpaired) electrons. The van der Waals surface area contributed by atoms with Crippen LogP contribution in [0.3, 0.4) is 0 Å². The minimum Gasteiger partial charge on any atom is -0.397 e. The molecule has 1 amide bonds. The first-order chi connectivity index (χ1) is 20.1. The van der Waals surface area contributed by atoms with Gasteiger partial charge in [0.05, 0.1) is 16.9 Å². The van der Waals surface area contributed by atoms with Gasteiger partial charge in [0.2, 0.25) is 0 Å². The third-order valence-corrected chi connectivity index (χ3v) is 7.88. The van der Waals surface area contributed by atoms with E-state index in [1.807, 2.05) is 80.6 Å². The molecule has 6 rings (SSSR count). The Morgan fingerprint density at radius 1 is 0.786 bits per heavy atom. The smallest absolute Gasteiger partial charge is 0.262 e. The maximum absolute atomic E-state index is 14.1. The van der Waals surface area contributed by atoms with Crippen LogP contribution in [0.1, 0.15) is 79.1 Å². The second kappa shape index (κ2) is 10.4. The van der Waals surface area contributed by atoms with Gasteiger partial charge in [-0.05, 0) is 97.1 Å². The van der Waals surface area contributed by atoms with Gasteiger partial charge in [-0.15, -0.1) is 0 Å². The van der Waals surface area contributed by atoms with Crippen LogP contribution in [0.4, 0.5) is 17.1 Å². The van der Waals surface area contributed by atoms with Gasteiger partial charge in [0.25, 0.3) is 5.91 Å². The summed E-state index contributed by atoms with van der Waals surface area (Å²) >= 11 is 0. The fourth-order valence-electron chi connectivity index (χ4n) is 5.64. The van der Waals surface area contributed by atoms with Crippen LogP contribution in [0, 0.1) is 13.8 Å². The van der Waals surface area contributed by atoms with Crippen molar-refractivity contribution in [3.63, 3.8) is 0 Å². The predicted octanol–water partition coefficient (Wildman–Crippen LogP) is 7.70. The number of nitrogens with two attached hydrogens (primary N) is 1. The normalized spacial score (nSPS) is 14.5. The molecule has 208 valence electrons. The molecule has 42 heavy (non-hydrogen) atoms. The zero-order chi connectivity index (χ0) is 29.7. The highest BCUT2D eigenvalue weighted by Gasteiger charge is 2.42. The summed E-state index contributed by atoms with van der Waals surface area (Å²) in [7, 11) is 0. The molecular formula is C36H31N3O3. The lowest BCUT2D eigenvalue weighted by molar-refractivity contribution is 0.0887. The van der Waals surface area contributed by atoms with Gasteiger partial charge in [0, 0.05) is 33.5 Å². The van der Waals surface area contributed by atoms with Gasteiger partial charge in [-0.2, -0.15) is 0 Å². The van der Waals surface area contributed by atoms with Gasteiger partial charge in [-0.1, -0.05) is 44.2 Å². The van der Waals surface area contributed by atoms with Gasteiger partial charge >= 0.3 is 0 Å². The summed E-state index contributed by atoms with van der Waals surface area (Å²) in [6.07, 6.45) is 0. The Bertz CT molecular complexity index is 1880. The number of aromatic nitrogens is 1. The molecule has 1 aliphatic rings. The number of rotatable bonds is 5. The van der Waals surface area contributed by atoms with Crippen molar-refractivity contribution in [2.45, 2.75) is 39.5 Å². The number of aryl methyl sites for hydroxylation is 2. The topological polar surface area (TPSA) is 93.4 Å². The summed E-state index contributed by atoms with van der Waals surface area (Å²) in [5.41, 5.74) is 13.0. The molecule has 6 heteroatoms. The third kappa shape index (κ3) is 4.65. The minimum absolute atomic E-state index is 0.209. The molecule has 0 saturated heterocycles. The quantitative estimate of drug-likeness (QED) is 0.225. The number of amides is 1. The highest BCUT2D eigenvalue weighted by atomic mass is 16.2. The van der Waals surface area contributed by atoms with E-state index in [0.717, 1.165) is 22.1 Å². The lowest BCUT2D eigenvalue weighted by atomic mass is 9.95. The zero-order valence-corrected chi connectivity index (χ0v) is 24.0. The van der Waals surface area contributed by atoms with E-state index < -0.39 is 11.7 Å². The second-order valence-corrected chi connectivity index (χ2v) is 11.3. The number of Topliss-reactive ketones (excluding diaryl/α,β-unsaturated/α-hetero) is 2. The Labute approximate surface area is 244 Å². The first-order valence-corrected chi connectivity index (χ1v) is 14.0. The summed E-state index contributed by atoms with van der Waals surface area (Å²) in [5, 5.41) is 0.859. The van der Waals surface area contributed by atoms with Crippen LogP contribution in [0.5, 0.6) is 0 Å². The number of nitrogens with zero attached hydrogens (tertiary/aromatic N) is 2. The maximum Gasteiger partial charge on any atom is 0.262 e. The summed E-state index contributed by atoms with van der Waals surface area (Å²) in [5.74, 6) is -1.88. The van der Waals surface area contributed by atoms with Crippen LogP contribution in [-0.4, -0.2) is 22.5 Å². The van der Waals surface area contributed by atoms with Crippen LogP contribution >= 0.6 is 0 Å². The minimum atomic E-state index is -1.15. The number of carbonyl (C=O) groups is 3. The van der Waals surface area contributed by atoms with Crippen molar-refractivity contribution in [1.29, 1.82) is 0 Å². The lowest BCUT2D eigenvalue weighted by Gasteiger charge is -2.24. The van der Waals surface area contributed by atoms with Crippen molar-refractivity contribution >= 4 is 45.4 Å². The summed E-state index contributed by atoms with van der Waals surface area (Å²) in [6, 6.07) is 27.8. The number of benzene rings is 4. The molecule has 0 fully saturated rings. The summed E-state index contributed by atoms with van der Waals surface area (Å²) in [4.78, 5) is 47.7. The highest BCUT2D eigenvalue weighted by Crippen LogP contribution is 2.38. The summed E-state index contributed by atoms with van der Waals surface area (Å²) in [6.45, 7) is 8.16. The summed E-state index contributed by atoms with van der Waals surface area (Å²) < 4.78 is 0. The molecule has 0 bridgehead atoms.